The van der Waals surface area contributed by atoms with Crippen LogP contribution in [0.3, 0.4) is 0 Å². The monoisotopic (exact) mass is 713 g/mol. The predicted molar refractivity (Wildman–Crippen MR) is 205 cm³/mol. The van der Waals surface area contributed by atoms with E-state index in [4.69, 9.17) is 5.73 Å². The number of aromatic nitrogens is 2. The number of nitrogens with one attached hydrogen (secondary N) is 3. The van der Waals surface area contributed by atoms with Crippen LogP contribution in [0.4, 0.5) is 24.9 Å². The van der Waals surface area contributed by atoms with E-state index in [-0.39, 0.29) is 36.1 Å². The summed E-state index contributed by atoms with van der Waals surface area (Å²) < 4.78 is 41.0. The number of rotatable bonds is 20. The van der Waals surface area contributed by atoms with Gasteiger partial charge in [0.1, 0.15) is 17.2 Å². The Hall–Kier alpha value is -2.89. The zero-order valence-corrected chi connectivity index (χ0v) is 32.8. The molecule has 2 rings (SSSR count). The number of halogens is 3. The van der Waals surface area contributed by atoms with E-state index in [2.05, 4.69) is 72.5 Å². The minimum absolute atomic E-state index is 0.0681. The van der Waals surface area contributed by atoms with E-state index in [1.807, 2.05) is 27.0 Å². The van der Waals surface area contributed by atoms with Gasteiger partial charge in [-0.25, -0.2) is 4.98 Å². The second-order valence-corrected chi connectivity index (χ2v) is 12.9. The van der Waals surface area contributed by atoms with Crippen molar-refractivity contribution in [3.8, 4) is 0 Å². The molecule has 1 aromatic heterocycles. The van der Waals surface area contributed by atoms with Gasteiger partial charge in [-0.3, -0.25) is 4.79 Å². The van der Waals surface area contributed by atoms with Crippen molar-refractivity contribution in [1.29, 1.82) is 0 Å². The van der Waals surface area contributed by atoms with Gasteiger partial charge in [0.25, 0.3) is 5.95 Å². The molecule has 1 atom stereocenters. The molecule has 1 fully saturated rings. The van der Waals surface area contributed by atoms with Crippen LogP contribution in [0.25, 0.3) is 0 Å². The summed E-state index contributed by atoms with van der Waals surface area (Å²) >= 11 is 0. The topological polar surface area (TPSA) is 121 Å². The van der Waals surface area contributed by atoms with Gasteiger partial charge < -0.3 is 26.6 Å². The maximum Gasteiger partial charge on any atom is 0.421 e. The van der Waals surface area contributed by atoms with Gasteiger partial charge in [0, 0.05) is 62.7 Å². The largest absolute Gasteiger partial charge is 0.421 e. The van der Waals surface area contributed by atoms with Crippen LogP contribution in [0, 0.1) is 5.92 Å². The number of amides is 1. The summed E-state index contributed by atoms with van der Waals surface area (Å²) in [5, 5.41) is 9.57. The molecule has 1 aromatic rings. The first-order chi connectivity index (χ1) is 23.9. The van der Waals surface area contributed by atoms with Gasteiger partial charge in [-0.1, -0.05) is 107 Å². The predicted octanol–water partition coefficient (Wildman–Crippen LogP) is 9.38. The Kier molecular flexibility index (Phi) is 26.2. The number of carbonyl (C=O) groups is 1. The molecule has 1 aliphatic heterocycles. The van der Waals surface area contributed by atoms with Gasteiger partial charge in [-0.15, -0.1) is 0 Å². The summed E-state index contributed by atoms with van der Waals surface area (Å²) in [6, 6.07) is 0.497. The molecule has 0 saturated carbocycles. The third-order valence-electron chi connectivity index (χ3n) is 8.47. The molecule has 2 heterocycles. The molecule has 290 valence electrons. The van der Waals surface area contributed by atoms with Crippen LogP contribution in [0.1, 0.15) is 151 Å². The molecule has 50 heavy (non-hydrogen) atoms. The van der Waals surface area contributed by atoms with E-state index >= 15 is 0 Å². The lowest BCUT2D eigenvalue weighted by molar-refractivity contribution is -0.137. The highest BCUT2D eigenvalue weighted by atomic mass is 19.4. The lowest BCUT2D eigenvalue weighted by atomic mass is 10.0. The summed E-state index contributed by atoms with van der Waals surface area (Å²) in [7, 11) is 0. The lowest BCUT2D eigenvalue weighted by Crippen LogP contribution is -2.34. The van der Waals surface area contributed by atoms with Crippen molar-refractivity contribution in [1.82, 2.24) is 25.5 Å². The van der Waals surface area contributed by atoms with Crippen LogP contribution in [-0.4, -0.2) is 64.9 Å². The van der Waals surface area contributed by atoms with Crippen molar-refractivity contribution in [3.05, 3.63) is 23.5 Å². The van der Waals surface area contributed by atoms with Crippen LogP contribution >= 0.6 is 0 Å². The second-order valence-electron chi connectivity index (χ2n) is 12.9. The van der Waals surface area contributed by atoms with Crippen LogP contribution in [-0.2, 0) is 11.0 Å². The fourth-order valence-corrected chi connectivity index (χ4v) is 5.87. The summed E-state index contributed by atoms with van der Waals surface area (Å²) in [6.07, 6.45) is 11.0. The number of aliphatic imine (C=N–C) groups is 1. The van der Waals surface area contributed by atoms with Crippen molar-refractivity contribution in [2.75, 3.05) is 31.5 Å². The van der Waals surface area contributed by atoms with Crippen molar-refractivity contribution in [3.63, 3.8) is 0 Å². The molecular formula is C38H71F3N8O. The van der Waals surface area contributed by atoms with Crippen LogP contribution in [0.15, 0.2) is 23.0 Å². The molecule has 0 aliphatic carbocycles. The van der Waals surface area contributed by atoms with E-state index in [1.165, 1.54) is 25.7 Å². The molecule has 0 spiro atoms. The normalized spacial score (nSPS) is 15.7. The minimum Gasteiger partial charge on any atom is -0.388 e. The minimum atomic E-state index is -4.64. The number of amidine groups is 1. The number of hydrogen-bond donors (Lipinski definition) is 4. The number of anilines is 1. The second kappa shape index (κ2) is 27.8. The van der Waals surface area contributed by atoms with Gasteiger partial charge in [0.05, 0.1) is 0 Å². The SMILES string of the molecule is CC.CCCC(C)CCC.CCCC(CCC)N/C=C(CC)\C(N)=N\c1ncc(C(F)(F)F)c(NCCCN2CCNC(CCC)CC2=O)n1. The van der Waals surface area contributed by atoms with E-state index in [9.17, 15) is 18.0 Å². The van der Waals surface area contributed by atoms with Crippen molar-refractivity contribution in [2.24, 2.45) is 16.6 Å². The van der Waals surface area contributed by atoms with E-state index in [0.29, 0.717) is 44.9 Å². The summed E-state index contributed by atoms with van der Waals surface area (Å²) in [6.45, 7) is 21.1. The Bertz CT molecular complexity index is 1080. The number of nitrogens with two attached hydrogens (primary N) is 1. The number of nitrogens with zero attached hydrogens (tertiary/aromatic N) is 4. The van der Waals surface area contributed by atoms with Gasteiger partial charge >= 0.3 is 6.18 Å². The Balaban J connectivity index is 0.00000210. The van der Waals surface area contributed by atoms with Crippen molar-refractivity contribution in [2.45, 2.75) is 164 Å². The van der Waals surface area contributed by atoms with Gasteiger partial charge in [0.15, 0.2) is 0 Å². The highest BCUT2D eigenvalue weighted by Crippen LogP contribution is 2.34. The molecule has 0 radical (unpaired) electrons. The third-order valence-corrected chi connectivity index (χ3v) is 8.47. The Labute approximate surface area is 302 Å². The Morgan fingerprint density at radius 1 is 1.06 bits per heavy atom. The van der Waals surface area contributed by atoms with Crippen molar-refractivity contribution < 1.29 is 18.0 Å². The average Bonchev–Trinajstić information content (AvgIpc) is 3.24. The Morgan fingerprint density at radius 3 is 2.22 bits per heavy atom. The van der Waals surface area contributed by atoms with Crippen LogP contribution < -0.4 is 21.7 Å². The maximum absolute atomic E-state index is 13.7. The summed E-state index contributed by atoms with van der Waals surface area (Å²) in [5.74, 6) is 0.680. The fourth-order valence-electron chi connectivity index (χ4n) is 5.87. The lowest BCUT2D eigenvalue weighted by Gasteiger charge is -2.21. The van der Waals surface area contributed by atoms with Gasteiger partial charge in [-0.05, 0) is 38.0 Å². The molecule has 1 unspecified atom stereocenters. The fraction of sp³-hybridized carbons (Fsp3) is 0.789. The number of alkyl halides is 3. The van der Waals surface area contributed by atoms with Crippen LogP contribution in [0.5, 0.6) is 0 Å². The van der Waals surface area contributed by atoms with Crippen LogP contribution in [0.2, 0.25) is 0 Å². The first kappa shape index (κ1) is 47.1. The maximum atomic E-state index is 13.7. The average molecular weight is 713 g/mol. The molecule has 0 bridgehead atoms. The zero-order valence-electron chi connectivity index (χ0n) is 32.8. The molecule has 5 N–H and O–H groups in total. The molecule has 1 saturated heterocycles. The molecule has 1 aliphatic rings. The highest BCUT2D eigenvalue weighted by Gasteiger charge is 2.35. The summed E-state index contributed by atoms with van der Waals surface area (Å²) in [5.41, 5.74) is 5.96. The van der Waals surface area contributed by atoms with Gasteiger partial charge in [-0.2, -0.15) is 23.1 Å². The van der Waals surface area contributed by atoms with E-state index in [0.717, 1.165) is 56.2 Å². The standard InChI is InChI=1S/C28H47F3N8O.C8H18.C2H6/c1-5-10-21(11-6-2)35-18-20(8-4)25(32)37-27-36-19-23(28(29,30)31)26(38-27)34-13-9-15-39-16-14-33-22(12-7-3)17-24(39)40;1-4-6-8(3)7-5-2;1-2/h18-19,21-22,33,35H,5-17H2,1-4H3,(H3,32,34,36,37,38);8H,4-7H2,1-3H3;1-2H3/b20-18-;;. The Morgan fingerprint density at radius 2 is 1.68 bits per heavy atom. The summed E-state index contributed by atoms with van der Waals surface area (Å²) in [4.78, 5) is 26.4. The molecular weight excluding hydrogens is 641 g/mol. The third kappa shape index (κ3) is 19.5. The zero-order chi connectivity index (χ0) is 38.0. The first-order valence-electron chi connectivity index (χ1n) is 19.4. The molecule has 0 aromatic carbocycles. The molecule has 9 nitrogen and oxygen atoms in total. The number of carbonyl (C=O) groups excluding carboxylic acids is 1. The van der Waals surface area contributed by atoms with Crippen molar-refractivity contribution >= 4 is 23.5 Å². The smallest absolute Gasteiger partial charge is 0.388 e. The molecule has 1 amide bonds. The number of hydrogen-bond acceptors (Lipinski definition) is 7. The molecule has 12 heteroatoms. The van der Waals surface area contributed by atoms with Gasteiger partial charge in [0.2, 0.25) is 5.91 Å². The quantitative estimate of drug-likeness (QED) is 0.0604. The van der Waals surface area contributed by atoms with E-state index in [1.54, 1.807) is 4.90 Å². The first-order valence-corrected chi connectivity index (χ1v) is 19.4. The van der Waals surface area contributed by atoms with E-state index < -0.39 is 11.7 Å². The highest BCUT2D eigenvalue weighted by molar-refractivity contribution is 5.98.